The van der Waals surface area contributed by atoms with E-state index in [0.717, 1.165) is 30.4 Å². The third-order valence-corrected chi connectivity index (χ3v) is 3.68. The molecular weight excluding hydrogens is 220 g/mol. The highest BCUT2D eigenvalue weighted by molar-refractivity contribution is 6.17. The Bertz CT molecular complexity index is 336. The number of aromatic nitrogens is 1. The number of hydrogen-bond acceptors (Lipinski definition) is 2. The topological polar surface area (TPSA) is 16.1 Å². The lowest BCUT2D eigenvalue weighted by atomic mass is 9.85. The zero-order valence-electron chi connectivity index (χ0n) is 9.82. The highest BCUT2D eigenvalue weighted by Gasteiger charge is 2.21. The average molecular weight is 239 g/mol. The summed E-state index contributed by atoms with van der Waals surface area (Å²) in [5, 5.41) is 0. The Balaban J connectivity index is 2.11. The van der Waals surface area contributed by atoms with Gasteiger partial charge in [0, 0.05) is 24.8 Å². The summed E-state index contributed by atoms with van der Waals surface area (Å²) in [6.45, 7) is 4.33. The van der Waals surface area contributed by atoms with E-state index in [4.69, 9.17) is 11.6 Å². The molecule has 2 rings (SSSR count). The minimum atomic E-state index is 0.546. The van der Waals surface area contributed by atoms with Gasteiger partial charge in [-0.25, -0.2) is 4.98 Å². The molecule has 16 heavy (non-hydrogen) atoms. The van der Waals surface area contributed by atoms with Crippen molar-refractivity contribution < 1.29 is 0 Å². The Morgan fingerprint density at radius 2 is 2.31 bits per heavy atom. The lowest BCUT2D eigenvalue weighted by molar-refractivity contribution is 0.318. The number of hydrogen-bond donors (Lipinski definition) is 0. The van der Waals surface area contributed by atoms with E-state index in [-0.39, 0.29) is 0 Å². The van der Waals surface area contributed by atoms with Gasteiger partial charge in [0.1, 0.15) is 5.82 Å². The molecule has 0 atom stereocenters. The third-order valence-electron chi connectivity index (χ3n) is 3.40. The molecule has 0 saturated heterocycles. The van der Waals surface area contributed by atoms with Crippen LogP contribution in [0.25, 0.3) is 0 Å². The van der Waals surface area contributed by atoms with Crippen LogP contribution in [0.2, 0.25) is 0 Å². The van der Waals surface area contributed by atoms with Crippen LogP contribution in [-0.4, -0.2) is 18.1 Å². The van der Waals surface area contributed by atoms with Crippen LogP contribution in [0.1, 0.15) is 31.7 Å². The maximum atomic E-state index is 5.95. The molecule has 1 aromatic heterocycles. The molecule has 0 aliphatic heterocycles. The quantitative estimate of drug-likeness (QED) is 0.731. The Hall–Kier alpha value is -0.760. The van der Waals surface area contributed by atoms with E-state index in [1.54, 1.807) is 0 Å². The summed E-state index contributed by atoms with van der Waals surface area (Å²) in [6.07, 6.45) is 6.00. The summed E-state index contributed by atoms with van der Waals surface area (Å²) in [5.74, 6) is 2.49. The van der Waals surface area contributed by atoms with Crippen molar-refractivity contribution in [3.05, 3.63) is 23.9 Å². The molecule has 0 aromatic carbocycles. The molecule has 1 saturated carbocycles. The van der Waals surface area contributed by atoms with Crippen molar-refractivity contribution in [3.8, 4) is 0 Å². The number of pyridine rings is 1. The van der Waals surface area contributed by atoms with E-state index in [1.165, 1.54) is 19.3 Å². The molecule has 1 aliphatic rings. The first-order chi connectivity index (χ1) is 7.85. The molecule has 0 unspecified atom stereocenters. The maximum Gasteiger partial charge on any atom is 0.132 e. The van der Waals surface area contributed by atoms with Gasteiger partial charge in [0.15, 0.2) is 0 Å². The first-order valence-corrected chi connectivity index (χ1v) is 6.63. The molecule has 0 N–H and O–H groups in total. The Labute approximate surface area is 103 Å². The van der Waals surface area contributed by atoms with Crippen LogP contribution in [0.15, 0.2) is 18.3 Å². The summed E-state index contributed by atoms with van der Waals surface area (Å²) < 4.78 is 0. The van der Waals surface area contributed by atoms with Crippen LogP contribution in [0, 0.1) is 5.92 Å². The minimum Gasteiger partial charge on any atom is -0.356 e. The van der Waals surface area contributed by atoms with E-state index in [2.05, 4.69) is 22.9 Å². The fourth-order valence-electron chi connectivity index (χ4n) is 2.17. The van der Waals surface area contributed by atoms with Gasteiger partial charge < -0.3 is 4.90 Å². The van der Waals surface area contributed by atoms with Crippen molar-refractivity contribution in [2.75, 3.05) is 18.0 Å². The second-order valence-electron chi connectivity index (χ2n) is 4.46. The fraction of sp³-hybridized carbons (Fsp3) is 0.615. The molecule has 0 bridgehead atoms. The van der Waals surface area contributed by atoms with Crippen LogP contribution in [0.4, 0.5) is 5.82 Å². The Morgan fingerprint density at radius 3 is 2.88 bits per heavy atom. The monoisotopic (exact) mass is 238 g/mol. The van der Waals surface area contributed by atoms with Gasteiger partial charge in [-0.2, -0.15) is 0 Å². The standard InChI is InChI=1S/C13H19ClN2/c1-2-16(10-11-5-3-6-11)13-12(9-14)7-4-8-15-13/h4,7-8,11H,2-3,5-6,9-10H2,1H3. The van der Waals surface area contributed by atoms with Gasteiger partial charge in [-0.05, 0) is 31.7 Å². The largest absolute Gasteiger partial charge is 0.356 e. The van der Waals surface area contributed by atoms with Crippen molar-refractivity contribution in [3.63, 3.8) is 0 Å². The van der Waals surface area contributed by atoms with E-state index < -0.39 is 0 Å². The zero-order valence-corrected chi connectivity index (χ0v) is 10.6. The summed E-state index contributed by atoms with van der Waals surface area (Å²) in [4.78, 5) is 6.84. The van der Waals surface area contributed by atoms with Crippen LogP contribution in [0.5, 0.6) is 0 Å². The van der Waals surface area contributed by atoms with E-state index in [1.807, 2.05) is 12.3 Å². The minimum absolute atomic E-state index is 0.546. The molecule has 2 nitrogen and oxygen atoms in total. The summed E-state index contributed by atoms with van der Waals surface area (Å²) in [5.41, 5.74) is 1.14. The van der Waals surface area contributed by atoms with Crippen LogP contribution < -0.4 is 4.90 Å². The first kappa shape index (κ1) is 11.7. The average Bonchev–Trinajstić information content (AvgIpc) is 2.28. The van der Waals surface area contributed by atoms with Crippen molar-refractivity contribution in [2.45, 2.75) is 32.1 Å². The van der Waals surface area contributed by atoms with Crippen molar-refractivity contribution >= 4 is 17.4 Å². The molecular formula is C13H19ClN2. The lowest BCUT2D eigenvalue weighted by Gasteiger charge is -2.33. The fourth-order valence-corrected chi connectivity index (χ4v) is 2.38. The van der Waals surface area contributed by atoms with Gasteiger partial charge in [-0.15, -0.1) is 11.6 Å². The maximum absolute atomic E-state index is 5.95. The lowest BCUT2D eigenvalue weighted by Crippen LogP contribution is -2.33. The molecule has 88 valence electrons. The van der Waals surface area contributed by atoms with Crippen molar-refractivity contribution in [1.29, 1.82) is 0 Å². The molecule has 0 spiro atoms. The number of halogens is 1. The molecule has 1 fully saturated rings. The van der Waals surface area contributed by atoms with Gasteiger partial charge in [-0.1, -0.05) is 12.5 Å². The van der Waals surface area contributed by atoms with Crippen molar-refractivity contribution in [2.24, 2.45) is 5.92 Å². The van der Waals surface area contributed by atoms with Gasteiger partial charge in [0.25, 0.3) is 0 Å². The number of anilines is 1. The summed E-state index contributed by atoms with van der Waals surface area (Å²) in [7, 11) is 0. The number of rotatable bonds is 5. The second kappa shape index (κ2) is 5.53. The van der Waals surface area contributed by atoms with Crippen LogP contribution >= 0.6 is 11.6 Å². The predicted molar refractivity (Wildman–Crippen MR) is 69.0 cm³/mol. The molecule has 1 aliphatic carbocycles. The van der Waals surface area contributed by atoms with Crippen LogP contribution in [-0.2, 0) is 5.88 Å². The van der Waals surface area contributed by atoms with Gasteiger partial charge in [0.2, 0.25) is 0 Å². The molecule has 1 heterocycles. The summed E-state index contributed by atoms with van der Waals surface area (Å²) in [6, 6.07) is 4.02. The first-order valence-electron chi connectivity index (χ1n) is 6.10. The van der Waals surface area contributed by atoms with Crippen molar-refractivity contribution in [1.82, 2.24) is 4.98 Å². The zero-order chi connectivity index (χ0) is 11.4. The van der Waals surface area contributed by atoms with Crippen LogP contribution in [0.3, 0.4) is 0 Å². The molecule has 1 aromatic rings. The normalized spacial score (nSPS) is 15.9. The van der Waals surface area contributed by atoms with Gasteiger partial charge >= 0.3 is 0 Å². The second-order valence-corrected chi connectivity index (χ2v) is 4.72. The van der Waals surface area contributed by atoms with E-state index in [9.17, 15) is 0 Å². The van der Waals surface area contributed by atoms with E-state index in [0.29, 0.717) is 5.88 Å². The Kier molecular flexibility index (Phi) is 4.05. The molecule has 3 heteroatoms. The highest BCUT2D eigenvalue weighted by atomic mass is 35.5. The number of nitrogens with zero attached hydrogens (tertiary/aromatic N) is 2. The third kappa shape index (κ3) is 2.49. The molecule has 0 radical (unpaired) electrons. The Morgan fingerprint density at radius 1 is 1.50 bits per heavy atom. The smallest absolute Gasteiger partial charge is 0.132 e. The molecule has 0 amide bonds. The highest BCUT2D eigenvalue weighted by Crippen LogP contribution is 2.29. The van der Waals surface area contributed by atoms with Gasteiger partial charge in [0.05, 0.1) is 5.88 Å². The predicted octanol–water partition coefficient (Wildman–Crippen LogP) is 3.45. The summed E-state index contributed by atoms with van der Waals surface area (Å²) >= 11 is 5.95. The SMILES string of the molecule is CCN(CC1CCC1)c1ncccc1CCl. The van der Waals surface area contributed by atoms with E-state index >= 15 is 0 Å². The van der Waals surface area contributed by atoms with Gasteiger partial charge in [-0.3, -0.25) is 0 Å². The number of alkyl halides is 1.